The lowest BCUT2D eigenvalue weighted by Crippen LogP contribution is -2.06. The number of rotatable bonds is 4. The number of nitrogen functional groups attached to an aromatic ring is 1. The lowest BCUT2D eigenvalue weighted by Gasteiger charge is -2.09. The number of hydrogen-bond acceptors (Lipinski definition) is 6. The highest BCUT2D eigenvalue weighted by Gasteiger charge is 2.29. The molecule has 3 heterocycles. The molecule has 0 saturated carbocycles. The number of fused-ring (bicyclic) bond motifs is 1. The van der Waals surface area contributed by atoms with E-state index in [0.29, 0.717) is 34.8 Å². The Hall–Kier alpha value is -3.69. The van der Waals surface area contributed by atoms with Gasteiger partial charge in [0.25, 0.3) is 0 Å². The van der Waals surface area contributed by atoms with Crippen molar-refractivity contribution in [3.8, 4) is 11.3 Å². The van der Waals surface area contributed by atoms with Crippen molar-refractivity contribution in [3.05, 3.63) is 66.2 Å². The summed E-state index contributed by atoms with van der Waals surface area (Å²) in [4.78, 5) is 12.7. The lowest BCUT2D eigenvalue weighted by atomic mass is 10.1. The number of hydrogen-bond donors (Lipinski definition) is 2. The molecule has 1 aromatic carbocycles. The second kappa shape index (κ2) is 6.80. The summed E-state index contributed by atoms with van der Waals surface area (Å²) < 4.78 is 39.5. The van der Waals surface area contributed by atoms with E-state index in [1.165, 1.54) is 18.5 Å². The van der Waals surface area contributed by atoms with Gasteiger partial charge in [-0.05, 0) is 23.8 Å². The van der Waals surface area contributed by atoms with E-state index in [4.69, 9.17) is 5.73 Å². The molecule has 4 rings (SSSR count). The monoisotopic (exact) mass is 385 g/mol. The maximum Gasteiger partial charge on any atom is 0.416 e. The standard InChI is InChI=1S/C18H14F3N7/c19-18(20,21)12-4-2-11(3-5-12)9-24-14-8-13(25-10-26-14)15-16(22)27-28-7-1-6-23-17(15)28/h1-8,10H,9H2,(H2,22,27)(H,24,25,26). The second-order valence-electron chi connectivity index (χ2n) is 5.98. The minimum atomic E-state index is -4.35. The fraction of sp³-hybridized carbons (Fsp3) is 0.111. The Labute approximate surface area is 157 Å². The van der Waals surface area contributed by atoms with E-state index in [1.54, 1.807) is 29.0 Å². The molecular formula is C18H14F3N7. The Morgan fingerprint density at radius 2 is 1.86 bits per heavy atom. The molecule has 0 bridgehead atoms. The van der Waals surface area contributed by atoms with Crippen molar-refractivity contribution in [1.82, 2.24) is 24.6 Å². The van der Waals surface area contributed by atoms with Gasteiger partial charge in [-0.25, -0.2) is 19.5 Å². The molecule has 0 fully saturated rings. The van der Waals surface area contributed by atoms with Crippen molar-refractivity contribution >= 4 is 17.3 Å². The molecule has 0 aliphatic rings. The highest BCUT2D eigenvalue weighted by molar-refractivity contribution is 5.84. The Morgan fingerprint density at radius 1 is 1.07 bits per heavy atom. The maximum absolute atomic E-state index is 12.6. The first-order chi connectivity index (χ1) is 13.4. The number of aromatic nitrogens is 5. The van der Waals surface area contributed by atoms with Gasteiger partial charge in [-0.1, -0.05) is 12.1 Å². The molecule has 0 atom stereocenters. The quantitative estimate of drug-likeness (QED) is 0.559. The summed E-state index contributed by atoms with van der Waals surface area (Å²) in [6.07, 6.45) is 0.379. The van der Waals surface area contributed by atoms with Crippen LogP contribution in [0.1, 0.15) is 11.1 Å². The van der Waals surface area contributed by atoms with Crippen molar-refractivity contribution in [2.45, 2.75) is 12.7 Å². The van der Waals surface area contributed by atoms with Gasteiger partial charge in [0.1, 0.15) is 12.1 Å². The van der Waals surface area contributed by atoms with Crippen LogP contribution in [0.25, 0.3) is 16.9 Å². The van der Waals surface area contributed by atoms with Crippen LogP contribution in [-0.4, -0.2) is 24.6 Å². The summed E-state index contributed by atoms with van der Waals surface area (Å²) in [5.74, 6) is 0.783. The van der Waals surface area contributed by atoms with Crippen LogP contribution in [0.3, 0.4) is 0 Å². The highest BCUT2D eigenvalue weighted by Crippen LogP contribution is 2.30. The minimum absolute atomic E-state index is 0.283. The summed E-state index contributed by atoms with van der Waals surface area (Å²) in [5, 5.41) is 7.27. The number of alkyl halides is 3. The molecule has 7 nitrogen and oxygen atoms in total. The van der Waals surface area contributed by atoms with E-state index in [-0.39, 0.29) is 5.82 Å². The van der Waals surface area contributed by atoms with Gasteiger partial charge >= 0.3 is 6.18 Å². The molecular weight excluding hydrogens is 371 g/mol. The first-order valence-electron chi connectivity index (χ1n) is 8.23. The van der Waals surface area contributed by atoms with Gasteiger partial charge in [-0.2, -0.15) is 13.2 Å². The van der Waals surface area contributed by atoms with E-state index in [1.807, 2.05) is 0 Å². The molecule has 0 aliphatic carbocycles. The number of benzene rings is 1. The summed E-state index contributed by atoms with van der Waals surface area (Å²) in [6.45, 7) is 0.303. The van der Waals surface area contributed by atoms with Crippen LogP contribution in [0.4, 0.5) is 24.8 Å². The maximum atomic E-state index is 12.6. The third-order valence-corrected chi connectivity index (χ3v) is 4.10. The van der Waals surface area contributed by atoms with Gasteiger partial charge in [0, 0.05) is 25.0 Å². The van der Waals surface area contributed by atoms with E-state index >= 15 is 0 Å². The Morgan fingerprint density at radius 3 is 2.61 bits per heavy atom. The first-order valence-corrected chi connectivity index (χ1v) is 8.23. The Bertz CT molecular complexity index is 1120. The van der Waals surface area contributed by atoms with E-state index in [0.717, 1.165) is 12.1 Å². The van der Waals surface area contributed by atoms with Crippen LogP contribution >= 0.6 is 0 Å². The predicted molar refractivity (Wildman–Crippen MR) is 97.2 cm³/mol. The largest absolute Gasteiger partial charge is 0.416 e. The zero-order valence-electron chi connectivity index (χ0n) is 14.4. The van der Waals surface area contributed by atoms with Crippen LogP contribution in [0.15, 0.2) is 55.1 Å². The zero-order chi connectivity index (χ0) is 19.7. The van der Waals surface area contributed by atoms with Crippen LogP contribution in [0.5, 0.6) is 0 Å². The van der Waals surface area contributed by atoms with Gasteiger partial charge < -0.3 is 11.1 Å². The van der Waals surface area contributed by atoms with Crippen LogP contribution in [0.2, 0.25) is 0 Å². The number of anilines is 2. The van der Waals surface area contributed by atoms with Gasteiger partial charge in [0.15, 0.2) is 11.5 Å². The molecule has 0 aliphatic heterocycles. The van der Waals surface area contributed by atoms with Crippen LogP contribution in [0, 0.1) is 0 Å². The highest BCUT2D eigenvalue weighted by atomic mass is 19.4. The second-order valence-corrected chi connectivity index (χ2v) is 5.98. The number of nitrogens with one attached hydrogen (secondary N) is 1. The van der Waals surface area contributed by atoms with E-state index in [9.17, 15) is 13.2 Å². The number of halogens is 3. The molecule has 0 radical (unpaired) electrons. The summed E-state index contributed by atoms with van der Waals surface area (Å²) in [6, 6.07) is 8.37. The van der Waals surface area contributed by atoms with Gasteiger partial charge in [-0.15, -0.1) is 5.10 Å². The third-order valence-electron chi connectivity index (χ3n) is 4.10. The fourth-order valence-corrected chi connectivity index (χ4v) is 2.74. The average Bonchev–Trinajstić information content (AvgIpc) is 3.02. The molecule has 0 spiro atoms. The fourth-order valence-electron chi connectivity index (χ4n) is 2.74. The normalized spacial score (nSPS) is 11.7. The molecule has 142 valence electrons. The predicted octanol–water partition coefficient (Wildman–Crippen LogP) is 3.40. The number of nitrogens with zero attached hydrogens (tertiary/aromatic N) is 5. The van der Waals surface area contributed by atoms with E-state index < -0.39 is 11.7 Å². The van der Waals surface area contributed by atoms with Crippen molar-refractivity contribution in [1.29, 1.82) is 0 Å². The SMILES string of the molecule is Nc1nn2cccnc2c1-c1cc(NCc2ccc(C(F)(F)F)cc2)ncn1. The average molecular weight is 385 g/mol. The van der Waals surface area contributed by atoms with Gasteiger partial charge in [0.2, 0.25) is 0 Å². The van der Waals surface area contributed by atoms with Crippen LogP contribution < -0.4 is 11.1 Å². The summed E-state index contributed by atoms with van der Waals surface area (Å²) in [5.41, 5.74) is 7.69. The van der Waals surface area contributed by atoms with Gasteiger partial charge in [-0.3, -0.25) is 0 Å². The van der Waals surface area contributed by atoms with Crippen molar-refractivity contribution in [2.75, 3.05) is 11.1 Å². The lowest BCUT2D eigenvalue weighted by molar-refractivity contribution is -0.137. The molecule has 4 aromatic rings. The van der Waals surface area contributed by atoms with Crippen molar-refractivity contribution in [3.63, 3.8) is 0 Å². The Balaban J connectivity index is 1.55. The molecule has 3 aromatic heterocycles. The van der Waals surface area contributed by atoms with Gasteiger partial charge in [0.05, 0.1) is 16.8 Å². The topological polar surface area (TPSA) is 94.0 Å². The Kier molecular flexibility index (Phi) is 4.30. The summed E-state index contributed by atoms with van der Waals surface area (Å²) in [7, 11) is 0. The minimum Gasteiger partial charge on any atom is -0.382 e. The molecule has 0 saturated heterocycles. The molecule has 28 heavy (non-hydrogen) atoms. The van der Waals surface area contributed by atoms with E-state index in [2.05, 4.69) is 25.4 Å². The molecule has 0 amide bonds. The zero-order valence-corrected chi connectivity index (χ0v) is 14.4. The molecule has 3 N–H and O–H groups in total. The summed E-state index contributed by atoms with van der Waals surface area (Å²) >= 11 is 0. The molecule has 10 heteroatoms. The van der Waals surface area contributed by atoms with Crippen molar-refractivity contribution < 1.29 is 13.2 Å². The number of nitrogens with two attached hydrogens (primary N) is 1. The van der Waals surface area contributed by atoms with Crippen LogP contribution in [-0.2, 0) is 12.7 Å². The third kappa shape index (κ3) is 3.43. The molecule has 0 unspecified atom stereocenters. The first kappa shape index (κ1) is 17.7. The smallest absolute Gasteiger partial charge is 0.382 e. The van der Waals surface area contributed by atoms with Crippen molar-refractivity contribution in [2.24, 2.45) is 0 Å².